The van der Waals surface area contributed by atoms with E-state index in [4.69, 9.17) is 9.47 Å². The smallest absolute Gasteiger partial charge is 0.282 e. The lowest BCUT2D eigenvalue weighted by molar-refractivity contribution is 0.262. The fraction of sp³-hybridized carbons (Fsp3) is 0.625. The Hall–Kier alpha value is -1.31. The molecule has 1 aliphatic rings. The molecule has 7 heteroatoms. The minimum absolute atomic E-state index is 0.244. The van der Waals surface area contributed by atoms with Gasteiger partial charge in [0.05, 0.1) is 14.2 Å². The SMILES string of the molecule is COc1cccc(CN(C)S(=O)(=O)N2CCC[C@@H](C)C2)c1OC. The van der Waals surface area contributed by atoms with Gasteiger partial charge >= 0.3 is 0 Å². The van der Waals surface area contributed by atoms with Crippen LogP contribution < -0.4 is 9.47 Å². The molecule has 130 valence electrons. The molecule has 0 spiro atoms. The van der Waals surface area contributed by atoms with Crippen molar-refractivity contribution in [2.75, 3.05) is 34.4 Å². The van der Waals surface area contributed by atoms with Gasteiger partial charge in [-0.1, -0.05) is 19.1 Å². The van der Waals surface area contributed by atoms with E-state index >= 15 is 0 Å². The van der Waals surface area contributed by atoms with Crippen LogP contribution >= 0.6 is 0 Å². The van der Waals surface area contributed by atoms with Gasteiger partial charge in [0, 0.05) is 32.2 Å². The number of methoxy groups -OCH3 is 2. The maximum absolute atomic E-state index is 12.8. The predicted molar refractivity (Wildman–Crippen MR) is 89.9 cm³/mol. The van der Waals surface area contributed by atoms with Crippen LogP contribution in [0.5, 0.6) is 11.5 Å². The highest BCUT2D eigenvalue weighted by atomic mass is 32.2. The molecular weight excluding hydrogens is 316 g/mol. The zero-order chi connectivity index (χ0) is 17.0. The van der Waals surface area contributed by atoms with E-state index in [9.17, 15) is 8.42 Å². The predicted octanol–water partition coefficient (Wildman–Crippen LogP) is 2.11. The summed E-state index contributed by atoms with van der Waals surface area (Å²) in [5.41, 5.74) is 0.781. The molecule has 1 saturated heterocycles. The molecule has 0 unspecified atom stereocenters. The lowest BCUT2D eigenvalue weighted by atomic mass is 10.0. The summed E-state index contributed by atoms with van der Waals surface area (Å²) < 4.78 is 39.1. The van der Waals surface area contributed by atoms with Crippen molar-refractivity contribution in [1.29, 1.82) is 0 Å². The van der Waals surface area contributed by atoms with Crippen LogP contribution in [0.2, 0.25) is 0 Å². The molecule has 23 heavy (non-hydrogen) atoms. The number of hydrogen-bond acceptors (Lipinski definition) is 4. The van der Waals surface area contributed by atoms with Crippen molar-refractivity contribution in [3.8, 4) is 11.5 Å². The molecule has 1 atom stereocenters. The number of para-hydroxylation sites is 1. The van der Waals surface area contributed by atoms with Crippen molar-refractivity contribution >= 4 is 10.2 Å². The Morgan fingerprint density at radius 1 is 1.30 bits per heavy atom. The van der Waals surface area contributed by atoms with Crippen molar-refractivity contribution < 1.29 is 17.9 Å². The van der Waals surface area contributed by atoms with Gasteiger partial charge in [-0.15, -0.1) is 0 Å². The summed E-state index contributed by atoms with van der Waals surface area (Å²) in [4.78, 5) is 0. The van der Waals surface area contributed by atoms with Gasteiger partial charge in [-0.3, -0.25) is 0 Å². The number of piperidine rings is 1. The highest BCUT2D eigenvalue weighted by Gasteiger charge is 2.31. The fourth-order valence-corrected chi connectivity index (χ4v) is 4.45. The average Bonchev–Trinajstić information content (AvgIpc) is 2.54. The second-order valence-electron chi connectivity index (χ2n) is 6.02. The molecule has 1 fully saturated rings. The van der Waals surface area contributed by atoms with E-state index in [1.54, 1.807) is 31.6 Å². The number of nitrogens with zero attached hydrogens (tertiary/aromatic N) is 2. The zero-order valence-electron chi connectivity index (χ0n) is 14.3. The van der Waals surface area contributed by atoms with Crippen LogP contribution in [0.3, 0.4) is 0 Å². The molecule has 0 N–H and O–H groups in total. The third-order valence-corrected chi connectivity index (χ3v) is 6.12. The van der Waals surface area contributed by atoms with Crippen LogP contribution in [0.1, 0.15) is 25.3 Å². The van der Waals surface area contributed by atoms with E-state index < -0.39 is 10.2 Å². The number of ether oxygens (including phenoxy) is 2. The quantitative estimate of drug-likeness (QED) is 0.794. The number of rotatable bonds is 6. The Kier molecular flexibility index (Phi) is 5.89. The van der Waals surface area contributed by atoms with E-state index in [0.29, 0.717) is 30.5 Å². The topological polar surface area (TPSA) is 59.1 Å². The minimum atomic E-state index is -3.47. The lowest BCUT2D eigenvalue weighted by Gasteiger charge is -2.33. The highest BCUT2D eigenvalue weighted by molar-refractivity contribution is 7.86. The molecule has 0 aliphatic carbocycles. The van der Waals surface area contributed by atoms with Crippen molar-refractivity contribution in [2.24, 2.45) is 5.92 Å². The normalized spacial score (nSPS) is 19.8. The first-order valence-corrected chi connectivity index (χ1v) is 9.21. The number of benzene rings is 1. The molecule has 1 aromatic carbocycles. The minimum Gasteiger partial charge on any atom is -0.493 e. The maximum Gasteiger partial charge on any atom is 0.282 e. The van der Waals surface area contributed by atoms with Gasteiger partial charge in [0.25, 0.3) is 10.2 Å². The van der Waals surface area contributed by atoms with Crippen LogP contribution in [0.25, 0.3) is 0 Å². The summed E-state index contributed by atoms with van der Waals surface area (Å²) in [6, 6.07) is 5.48. The largest absolute Gasteiger partial charge is 0.493 e. The Morgan fingerprint density at radius 3 is 2.65 bits per heavy atom. The van der Waals surface area contributed by atoms with Gasteiger partial charge in [0.15, 0.2) is 11.5 Å². The third-order valence-electron chi connectivity index (χ3n) is 4.22. The number of hydrogen-bond donors (Lipinski definition) is 0. The standard InChI is InChI=1S/C16H26N2O4S/c1-13-7-6-10-18(11-13)23(19,20)17(2)12-14-8-5-9-15(21-3)16(14)22-4/h5,8-9,13H,6-7,10-12H2,1-4H3/t13-/m1/s1. The molecule has 2 rings (SSSR count). The van der Waals surface area contributed by atoms with Crippen LogP contribution in [0.15, 0.2) is 18.2 Å². The molecule has 0 bridgehead atoms. The van der Waals surface area contributed by atoms with Crippen LogP contribution in [0.4, 0.5) is 0 Å². The van der Waals surface area contributed by atoms with E-state index in [0.717, 1.165) is 18.4 Å². The summed E-state index contributed by atoms with van der Waals surface area (Å²) in [5.74, 6) is 1.57. The summed E-state index contributed by atoms with van der Waals surface area (Å²) in [6.07, 6.45) is 2.00. The van der Waals surface area contributed by atoms with Gasteiger partial charge in [0.1, 0.15) is 0 Å². The Morgan fingerprint density at radius 2 is 2.04 bits per heavy atom. The Balaban J connectivity index is 2.19. The van der Waals surface area contributed by atoms with Gasteiger partial charge in [0.2, 0.25) is 0 Å². The van der Waals surface area contributed by atoms with Crippen molar-refractivity contribution in [2.45, 2.75) is 26.3 Å². The summed E-state index contributed by atoms with van der Waals surface area (Å²) in [7, 11) is 1.26. The van der Waals surface area contributed by atoms with E-state index in [1.165, 1.54) is 4.31 Å². The molecule has 1 aliphatic heterocycles. The van der Waals surface area contributed by atoms with Crippen molar-refractivity contribution in [1.82, 2.24) is 8.61 Å². The maximum atomic E-state index is 12.8. The van der Waals surface area contributed by atoms with Crippen molar-refractivity contribution in [3.05, 3.63) is 23.8 Å². The Bertz CT molecular complexity index is 633. The summed E-state index contributed by atoms with van der Waals surface area (Å²) >= 11 is 0. The van der Waals surface area contributed by atoms with E-state index in [2.05, 4.69) is 6.92 Å². The fourth-order valence-electron chi connectivity index (χ4n) is 2.95. The Labute approximate surface area is 139 Å². The first-order chi connectivity index (χ1) is 10.9. The van der Waals surface area contributed by atoms with Gasteiger partial charge < -0.3 is 9.47 Å². The second kappa shape index (κ2) is 7.51. The average molecular weight is 342 g/mol. The van der Waals surface area contributed by atoms with E-state index in [1.807, 2.05) is 12.1 Å². The highest BCUT2D eigenvalue weighted by Crippen LogP contribution is 2.32. The third kappa shape index (κ3) is 3.97. The molecule has 0 aromatic heterocycles. The molecule has 0 saturated carbocycles. The zero-order valence-corrected chi connectivity index (χ0v) is 15.1. The van der Waals surface area contributed by atoms with Gasteiger partial charge in [-0.25, -0.2) is 0 Å². The molecule has 1 aromatic rings. The van der Waals surface area contributed by atoms with Crippen molar-refractivity contribution in [3.63, 3.8) is 0 Å². The van der Waals surface area contributed by atoms with Crippen LogP contribution in [-0.2, 0) is 16.8 Å². The molecule has 0 radical (unpaired) electrons. The van der Waals surface area contributed by atoms with Crippen LogP contribution in [-0.4, -0.2) is 51.4 Å². The second-order valence-corrected chi connectivity index (χ2v) is 8.06. The molecule has 0 amide bonds. The monoisotopic (exact) mass is 342 g/mol. The molecular formula is C16H26N2O4S. The van der Waals surface area contributed by atoms with Gasteiger partial charge in [-0.05, 0) is 24.8 Å². The first kappa shape index (κ1) is 18.0. The first-order valence-electron chi connectivity index (χ1n) is 7.81. The lowest BCUT2D eigenvalue weighted by Crippen LogP contribution is -2.46. The summed E-state index contributed by atoms with van der Waals surface area (Å²) in [6.45, 7) is 3.51. The molecule has 1 heterocycles. The summed E-state index contributed by atoms with van der Waals surface area (Å²) in [5, 5.41) is 0. The molecule has 6 nitrogen and oxygen atoms in total. The van der Waals surface area contributed by atoms with E-state index in [-0.39, 0.29) is 6.54 Å². The van der Waals surface area contributed by atoms with Gasteiger partial charge in [-0.2, -0.15) is 17.0 Å². The van der Waals surface area contributed by atoms with Crippen LogP contribution in [0, 0.1) is 5.92 Å².